The molecule has 17 heteroatoms. The van der Waals surface area contributed by atoms with Crippen LogP contribution in [0.1, 0.15) is 34.6 Å². The fourth-order valence-electron chi connectivity index (χ4n) is 5.18. The summed E-state index contributed by atoms with van der Waals surface area (Å²) in [6.07, 6.45) is -2.05. The molecule has 0 saturated carbocycles. The molecule has 0 unspecified atom stereocenters. The Bertz CT molecular complexity index is 2410. The van der Waals surface area contributed by atoms with Crippen LogP contribution in [0.2, 0.25) is 0 Å². The molecule has 0 radical (unpaired) electrons. The van der Waals surface area contributed by atoms with Gasteiger partial charge in [-0.1, -0.05) is 48.5 Å². The van der Waals surface area contributed by atoms with E-state index in [1.807, 2.05) is 34.4 Å². The highest BCUT2D eigenvalue weighted by molar-refractivity contribution is 7.18. The van der Waals surface area contributed by atoms with Crippen molar-refractivity contribution in [3.05, 3.63) is 142 Å². The van der Waals surface area contributed by atoms with Gasteiger partial charge in [-0.15, -0.1) is 0 Å². The molecule has 6 aromatic rings. The SMILES string of the molecule is NNC(=O)c1ccccc1.[C-]#[N+]c1ccc(N[C@@H](C(=O)NNC(=O)c2ccccc2)[C@@H](C)O)c2ccsc12.[C-]#[N+]c1ccc(N[C@@H](C(=O)O)[C@@H](C)O)c2ccsc12. The summed E-state index contributed by atoms with van der Waals surface area (Å²) >= 11 is 2.87. The maximum absolute atomic E-state index is 12.5. The third-order valence-electron chi connectivity index (χ3n) is 8.07. The Balaban J connectivity index is 0.000000213. The number of nitrogens with two attached hydrogens (primary N) is 1. The Hall–Kier alpha value is -6.86. The number of nitrogens with zero attached hydrogens (tertiary/aromatic N) is 2. The molecule has 0 fully saturated rings. The van der Waals surface area contributed by atoms with Crippen molar-refractivity contribution < 1.29 is 34.5 Å². The number of nitrogens with one attached hydrogen (secondary N) is 5. The number of rotatable bonds is 10. The van der Waals surface area contributed by atoms with E-state index in [2.05, 4.69) is 31.2 Å². The van der Waals surface area contributed by atoms with Crippen molar-refractivity contribution in [2.45, 2.75) is 38.1 Å². The summed E-state index contributed by atoms with van der Waals surface area (Å²) in [4.78, 5) is 53.4. The number of hydrogen-bond acceptors (Lipinski definition) is 11. The molecule has 2 aromatic heterocycles. The Kier molecular flexibility index (Phi) is 15.6. The Morgan fingerprint density at radius 1 is 0.632 bits per heavy atom. The monoisotopic (exact) mass is 806 g/mol. The highest BCUT2D eigenvalue weighted by atomic mass is 32.1. The van der Waals surface area contributed by atoms with Crippen molar-refractivity contribution in [3.63, 3.8) is 0 Å². The van der Waals surface area contributed by atoms with Gasteiger partial charge in [-0.25, -0.2) is 20.3 Å². The highest BCUT2D eigenvalue weighted by Gasteiger charge is 2.26. The normalized spacial score (nSPS) is 12.3. The number of aliphatic carboxylic acids is 1. The van der Waals surface area contributed by atoms with Gasteiger partial charge in [0.2, 0.25) is 11.4 Å². The average molecular weight is 807 g/mol. The van der Waals surface area contributed by atoms with Gasteiger partial charge in [0.15, 0.2) is 6.04 Å². The smallest absolute Gasteiger partial charge is 0.328 e. The van der Waals surface area contributed by atoms with Crippen LogP contribution in [0.3, 0.4) is 0 Å². The summed E-state index contributed by atoms with van der Waals surface area (Å²) in [7, 11) is 0. The molecule has 0 aliphatic carbocycles. The number of aliphatic hydroxyl groups is 2. The summed E-state index contributed by atoms with van der Waals surface area (Å²) in [5.74, 6) is 2.48. The van der Waals surface area contributed by atoms with Gasteiger partial charge in [-0.2, -0.15) is 22.7 Å². The Morgan fingerprint density at radius 3 is 1.47 bits per heavy atom. The number of nitrogen functional groups attached to an aromatic ring is 1. The van der Waals surface area contributed by atoms with E-state index in [0.29, 0.717) is 33.9 Å². The number of carboxylic acid groups (broad SMARTS) is 1. The number of hydrogen-bond donors (Lipinski definition) is 9. The van der Waals surface area contributed by atoms with Crippen molar-refractivity contribution in [2.24, 2.45) is 5.84 Å². The maximum Gasteiger partial charge on any atom is 0.328 e. The van der Waals surface area contributed by atoms with Crippen LogP contribution in [0.25, 0.3) is 29.9 Å². The largest absolute Gasteiger partial charge is 0.480 e. The zero-order valence-corrected chi connectivity index (χ0v) is 32.1. The first-order valence-electron chi connectivity index (χ1n) is 17.0. The molecule has 0 aliphatic rings. The van der Waals surface area contributed by atoms with E-state index in [1.54, 1.807) is 78.9 Å². The number of carbonyl (C=O) groups excluding carboxylic acids is 3. The molecule has 6 rings (SSSR count). The Labute approximate surface area is 335 Å². The van der Waals surface area contributed by atoms with Crippen molar-refractivity contribution in [1.29, 1.82) is 0 Å². The van der Waals surface area contributed by atoms with E-state index in [9.17, 15) is 29.4 Å². The minimum absolute atomic E-state index is 0.263. The fourth-order valence-corrected chi connectivity index (χ4v) is 6.94. The maximum atomic E-state index is 12.5. The predicted octanol–water partition coefficient (Wildman–Crippen LogP) is 6.06. The average Bonchev–Trinajstić information content (AvgIpc) is 3.93. The van der Waals surface area contributed by atoms with Crippen LogP contribution >= 0.6 is 22.7 Å². The molecule has 292 valence electrons. The fraction of sp³-hybridized carbons (Fsp3) is 0.150. The van der Waals surface area contributed by atoms with Gasteiger partial charge >= 0.3 is 5.97 Å². The number of benzene rings is 4. The van der Waals surface area contributed by atoms with Crippen LogP contribution in [-0.2, 0) is 9.59 Å². The second-order valence-corrected chi connectivity index (χ2v) is 13.9. The zero-order chi connectivity index (χ0) is 41.5. The Morgan fingerprint density at radius 2 is 1.07 bits per heavy atom. The van der Waals surface area contributed by atoms with E-state index in [-0.39, 0.29) is 5.91 Å². The first-order chi connectivity index (χ1) is 27.4. The second-order valence-electron chi connectivity index (χ2n) is 12.0. The third-order valence-corrected chi connectivity index (χ3v) is 9.94. The summed E-state index contributed by atoms with van der Waals surface area (Å²) < 4.78 is 1.62. The number of fused-ring (bicyclic) bond motifs is 2. The number of anilines is 2. The molecule has 2 heterocycles. The molecule has 0 spiro atoms. The van der Waals surface area contributed by atoms with E-state index in [0.717, 1.165) is 20.2 Å². The highest BCUT2D eigenvalue weighted by Crippen LogP contribution is 2.37. The van der Waals surface area contributed by atoms with Crippen LogP contribution in [0.4, 0.5) is 22.7 Å². The van der Waals surface area contributed by atoms with E-state index in [1.165, 1.54) is 36.5 Å². The van der Waals surface area contributed by atoms with Crippen molar-refractivity contribution >= 4 is 89.3 Å². The molecule has 10 N–H and O–H groups in total. The molecule has 57 heavy (non-hydrogen) atoms. The van der Waals surface area contributed by atoms with Crippen LogP contribution in [0, 0.1) is 13.1 Å². The lowest BCUT2D eigenvalue weighted by molar-refractivity contribution is -0.140. The minimum Gasteiger partial charge on any atom is -0.480 e. The summed E-state index contributed by atoms with van der Waals surface area (Å²) in [6.45, 7) is 17.2. The predicted molar refractivity (Wildman–Crippen MR) is 222 cm³/mol. The van der Waals surface area contributed by atoms with Gasteiger partial charge in [0.1, 0.15) is 6.04 Å². The molecule has 3 amide bonds. The lowest BCUT2D eigenvalue weighted by atomic mass is 10.1. The van der Waals surface area contributed by atoms with Crippen LogP contribution in [-0.4, -0.2) is 63.3 Å². The number of amides is 3. The number of aliphatic hydroxyl groups excluding tert-OH is 2. The molecule has 0 bridgehead atoms. The van der Waals surface area contributed by atoms with E-state index < -0.39 is 42.1 Å². The first kappa shape index (κ1) is 42.9. The molecule has 0 aliphatic heterocycles. The number of hydrazine groups is 2. The van der Waals surface area contributed by atoms with Gasteiger partial charge in [0, 0.05) is 42.7 Å². The molecular formula is C40H38N8O7S2. The summed E-state index contributed by atoms with van der Waals surface area (Å²) in [5.41, 5.74) is 10.0. The topological polar surface area (TPSA) is 224 Å². The lowest BCUT2D eigenvalue weighted by Gasteiger charge is -2.22. The van der Waals surface area contributed by atoms with Crippen molar-refractivity contribution in [3.8, 4) is 0 Å². The van der Waals surface area contributed by atoms with Gasteiger partial charge < -0.3 is 26.0 Å². The van der Waals surface area contributed by atoms with E-state index >= 15 is 0 Å². The quantitative estimate of drug-likeness (QED) is 0.0337. The number of thiophene rings is 2. The summed E-state index contributed by atoms with van der Waals surface area (Å²) in [5, 5.41) is 39.7. The van der Waals surface area contributed by atoms with Gasteiger partial charge in [0.05, 0.1) is 25.4 Å². The van der Waals surface area contributed by atoms with Crippen molar-refractivity contribution in [2.75, 3.05) is 10.6 Å². The van der Waals surface area contributed by atoms with Gasteiger partial charge in [-0.05, 0) is 73.1 Å². The molecule has 4 atom stereocenters. The molecular weight excluding hydrogens is 769 g/mol. The number of carbonyl (C=O) groups is 4. The summed E-state index contributed by atoms with van der Waals surface area (Å²) in [6, 6.07) is 25.6. The van der Waals surface area contributed by atoms with Crippen LogP contribution < -0.4 is 32.8 Å². The van der Waals surface area contributed by atoms with Crippen LogP contribution in [0.5, 0.6) is 0 Å². The van der Waals surface area contributed by atoms with Crippen LogP contribution in [0.15, 0.2) is 108 Å². The molecule has 4 aromatic carbocycles. The molecule has 0 saturated heterocycles. The standard InChI is InChI=1S/C20H18N4O3S.C13H12N2O3S.C7H8N2O/c1-12(25)17(20(27)24-23-19(26)13-6-4-3-5-7-13)22-15-8-9-16(21-2)18-14(15)10-11-28-18;1-7(16)11(13(17)18)15-9-3-4-10(14-2)12-8(9)5-6-19-12;8-9-7(10)6-4-2-1-3-5-6/h3-12,17,22,25H,1H3,(H,23,26)(H,24,27);3-7,11,15-16H,1H3,(H,17,18);1-5H,8H2,(H,9,10)/t12-,17-;7-,11-;/m11./s1. The first-order valence-corrected chi connectivity index (χ1v) is 18.7. The lowest BCUT2D eigenvalue weighted by Crippen LogP contribution is -2.52. The zero-order valence-electron chi connectivity index (χ0n) is 30.5. The minimum atomic E-state index is -1.12. The third kappa shape index (κ3) is 11.3. The second kappa shape index (κ2) is 20.7. The van der Waals surface area contributed by atoms with Gasteiger partial charge in [-0.3, -0.25) is 30.7 Å². The molecule has 15 nitrogen and oxygen atoms in total. The van der Waals surface area contributed by atoms with Crippen molar-refractivity contribution in [1.82, 2.24) is 16.3 Å². The van der Waals surface area contributed by atoms with Gasteiger partial charge in [0.25, 0.3) is 17.7 Å². The van der Waals surface area contributed by atoms with E-state index in [4.69, 9.17) is 24.1 Å². The number of carboxylic acids is 1.